The molecule has 0 unspecified atom stereocenters. The van der Waals surface area contributed by atoms with E-state index in [1.807, 2.05) is 0 Å². The van der Waals surface area contributed by atoms with Crippen LogP contribution in [-0.4, -0.2) is 73.7 Å². The lowest BCUT2D eigenvalue weighted by molar-refractivity contribution is 0.201. The second-order valence-electron chi connectivity index (χ2n) is 7.63. The molecule has 3 nitrogen and oxygen atoms in total. The Bertz CT molecular complexity index is 464. The van der Waals surface area contributed by atoms with Crippen molar-refractivity contribution < 1.29 is 0 Å². The van der Waals surface area contributed by atoms with E-state index in [9.17, 15) is 0 Å². The minimum atomic E-state index is 0.768. The number of nitrogens with one attached hydrogen (secondary N) is 1. The topological polar surface area (TPSA) is 18.5 Å². The third-order valence-corrected chi connectivity index (χ3v) is 6.12. The van der Waals surface area contributed by atoms with Crippen molar-refractivity contribution in [1.82, 2.24) is 15.1 Å². The van der Waals surface area contributed by atoms with Crippen molar-refractivity contribution in [3.05, 3.63) is 35.9 Å². The Balaban J connectivity index is 1.57. The Kier molecular flexibility index (Phi) is 12.6. The SMILES string of the molecule is SCCCN(CCCCN1CCC(c2ccccc2)CC1)CCNCCS. The first-order valence-corrected chi connectivity index (χ1v) is 12.0. The van der Waals surface area contributed by atoms with Crippen LogP contribution in [0, 0.1) is 0 Å². The molecule has 0 bridgehead atoms. The van der Waals surface area contributed by atoms with Gasteiger partial charge in [-0.2, -0.15) is 25.3 Å². The molecule has 1 saturated heterocycles. The van der Waals surface area contributed by atoms with Crippen LogP contribution in [0.4, 0.5) is 0 Å². The molecule has 0 radical (unpaired) electrons. The van der Waals surface area contributed by atoms with Crippen LogP contribution in [0.25, 0.3) is 0 Å². The molecular formula is C22H39N3S2. The highest BCUT2D eigenvalue weighted by Crippen LogP contribution is 2.27. The third kappa shape index (κ3) is 9.71. The number of unbranched alkanes of at least 4 members (excludes halogenated alkanes) is 1. The molecule has 1 aliphatic rings. The molecule has 5 heteroatoms. The van der Waals surface area contributed by atoms with Gasteiger partial charge in [-0.25, -0.2) is 0 Å². The molecule has 1 heterocycles. The minimum absolute atomic E-state index is 0.768. The zero-order valence-electron chi connectivity index (χ0n) is 16.9. The van der Waals surface area contributed by atoms with Crippen molar-refractivity contribution in [2.75, 3.05) is 63.9 Å². The van der Waals surface area contributed by atoms with Crippen LogP contribution in [0.2, 0.25) is 0 Å². The molecule has 0 aromatic heterocycles. The van der Waals surface area contributed by atoms with E-state index >= 15 is 0 Å². The van der Waals surface area contributed by atoms with Crippen molar-refractivity contribution in [2.45, 2.75) is 38.0 Å². The maximum Gasteiger partial charge on any atom is 0.0107 e. The fourth-order valence-electron chi connectivity index (χ4n) is 3.96. The highest BCUT2D eigenvalue weighted by atomic mass is 32.1. The lowest BCUT2D eigenvalue weighted by Crippen LogP contribution is -2.36. The van der Waals surface area contributed by atoms with Crippen molar-refractivity contribution >= 4 is 25.3 Å². The zero-order valence-corrected chi connectivity index (χ0v) is 18.6. The van der Waals surface area contributed by atoms with Gasteiger partial charge in [-0.15, -0.1) is 0 Å². The van der Waals surface area contributed by atoms with Crippen LogP contribution in [0.3, 0.4) is 0 Å². The van der Waals surface area contributed by atoms with Crippen molar-refractivity contribution in [2.24, 2.45) is 0 Å². The lowest BCUT2D eigenvalue weighted by atomic mass is 9.89. The molecule has 27 heavy (non-hydrogen) atoms. The molecule has 0 atom stereocenters. The average Bonchev–Trinajstić information content (AvgIpc) is 2.73. The van der Waals surface area contributed by atoms with Gasteiger partial charge in [0.05, 0.1) is 0 Å². The van der Waals surface area contributed by atoms with E-state index in [0.717, 1.165) is 37.1 Å². The number of hydrogen-bond acceptors (Lipinski definition) is 5. The summed E-state index contributed by atoms with van der Waals surface area (Å²) in [7, 11) is 0. The molecule has 1 aliphatic heterocycles. The Morgan fingerprint density at radius 3 is 2.33 bits per heavy atom. The second-order valence-corrected chi connectivity index (χ2v) is 8.52. The van der Waals surface area contributed by atoms with Gasteiger partial charge < -0.3 is 15.1 Å². The Hall–Kier alpha value is -0.200. The number of benzene rings is 1. The van der Waals surface area contributed by atoms with Gasteiger partial charge in [-0.05, 0) is 82.1 Å². The Labute approximate surface area is 178 Å². The molecule has 0 amide bonds. The zero-order chi connectivity index (χ0) is 19.2. The van der Waals surface area contributed by atoms with E-state index in [4.69, 9.17) is 0 Å². The van der Waals surface area contributed by atoms with Crippen LogP contribution in [0.5, 0.6) is 0 Å². The van der Waals surface area contributed by atoms with Gasteiger partial charge >= 0.3 is 0 Å². The largest absolute Gasteiger partial charge is 0.315 e. The first-order chi connectivity index (χ1) is 13.3. The third-order valence-electron chi connectivity index (χ3n) is 5.58. The summed E-state index contributed by atoms with van der Waals surface area (Å²) in [5, 5.41) is 3.46. The van der Waals surface area contributed by atoms with Gasteiger partial charge in [-0.3, -0.25) is 0 Å². The molecule has 1 aromatic rings. The molecule has 154 valence electrons. The predicted molar refractivity (Wildman–Crippen MR) is 126 cm³/mol. The van der Waals surface area contributed by atoms with E-state index in [1.54, 1.807) is 0 Å². The number of hydrogen-bond donors (Lipinski definition) is 3. The fraction of sp³-hybridized carbons (Fsp3) is 0.727. The molecule has 1 aromatic carbocycles. The van der Waals surface area contributed by atoms with Gasteiger partial charge in [0.25, 0.3) is 0 Å². The van der Waals surface area contributed by atoms with E-state index in [2.05, 4.69) is 70.7 Å². The average molecular weight is 410 g/mol. The summed E-state index contributed by atoms with van der Waals surface area (Å²) in [6, 6.07) is 11.1. The molecule has 0 spiro atoms. The summed E-state index contributed by atoms with van der Waals surface area (Å²) in [6.45, 7) is 9.39. The van der Waals surface area contributed by atoms with Crippen molar-refractivity contribution in [1.29, 1.82) is 0 Å². The minimum Gasteiger partial charge on any atom is -0.315 e. The summed E-state index contributed by atoms with van der Waals surface area (Å²) in [5.41, 5.74) is 1.53. The molecule has 0 saturated carbocycles. The van der Waals surface area contributed by atoms with Gasteiger partial charge in [0.15, 0.2) is 0 Å². The predicted octanol–water partition coefficient (Wildman–Crippen LogP) is 3.79. The summed E-state index contributed by atoms with van der Waals surface area (Å²) in [4.78, 5) is 5.27. The van der Waals surface area contributed by atoms with E-state index < -0.39 is 0 Å². The van der Waals surface area contributed by atoms with Crippen LogP contribution >= 0.6 is 25.3 Å². The number of piperidine rings is 1. The number of thiol groups is 2. The fourth-order valence-corrected chi connectivity index (χ4v) is 4.26. The molecule has 0 aliphatic carbocycles. The van der Waals surface area contributed by atoms with Gasteiger partial charge in [0.1, 0.15) is 0 Å². The second kappa shape index (κ2) is 14.7. The van der Waals surface area contributed by atoms with Gasteiger partial charge in [-0.1, -0.05) is 30.3 Å². The smallest absolute Gasteiger partial charge is 0.0107 e. The summed E-state index contributed by atoms with van der Waals surface area (Å²) >= 11 is 8.63. The standard InChI is InChI=1S/C22H39N3S2/c26-19-6-15-24(18-11-23-12-20-27)13-4-5-14-25-16-9-22(10-17-25)21-7-2-1-3-8-21/h1-3,7-8,22-23,26-27H,4-6,9-20H2. The Morgan fingerprint density at radius 1 is 0.889 bits per heavy atom. The van der Waals surface area contributed by atoms with E-state index in [1.165, 1.54) is 70.4 Å². The molecule has 1 fully saturated rings. The number of likely N-dealkylation sites (tertiary alicyclic amines) is 1. The summed E-state index contributed by atoms with van der Waals surface area (Å²) < 4.78 is 0. The maximum absolute atomic E-state index is 4.37. The van der Waals surface area contributed by atoms with Gasteiger partial charge in [0, 0.05) is 25.4 Å². The maximum atomic E-state index is 4.37. The monoisotopic (exact) mass is 409 g/mol. The van der Waals surface area contributed by atoms with Crippen LogP contribution in [-0.2, 0) is 0 Å². The first kappa shape index (κ1) is 23.1. The Morgan fingerprint density at radius 2 is 1.63 bits per heavy atom. The summed E-state index contributed by atoms with van der Waals surface area (Å²) in [6.07, 6.45) is 6.43. The molecule has 1 N–H and O–H groups in total. The highest BCUT2D eigenvalue weighted by Gasteiger charge is 2.19. The van der Waals surface area contributed by atoms with Crippen LogP contribution in [0.15, 0.2) is 30.3 Å². The summed E-state index contributed by atoms with van der Waals surface area (Å²) in [5.74, 6) is 2.66. The van der Waals surface area contributed by atoms with Crippen LogP contribution in [0.1, 0.15) is 43.6 Å². The van der Waals surface area contributed by atoms with E-state index in [-0.39, 0.29) is 0 Å². The van der Waals surface area contributed by atoms with Crippen molar-refractivity contribution in [3.8, 4) is 0 Å². The molecular weight excluding hydrogens is 370 g/mol. The normalized spacial score (nSPS) is 16.3. The van der Waals surface area contributed by atoms with Crippen molar-refractivity contribution in [3.63, 3.8) is 0 Å². The first-order valence-electron chi connectivity index (χ1n) is 10.8. The van der Waals surface area contributed by atoms with Crippen LogP contribution < -0.4 is 5.32 Å². The van der Waals surface area contributed by atoms with Gasteiger partial charge in [0.2, 0.25) is 0 Å². The number of rotatable bonds is 14. The quantitative estimate of drug-likeness (QED) is 0.321. The number of nitrogens with zero attached hydrogens (tertiary/aromatic N) is 2. The lowest BCUT2D eigenvalue weighted by Gasteiger charge is -2.32. The molecule has 2 rings (SSSR count). The highest BCUT2D eigenvalue weighted by molar-refractivity contribution is 7.80. The van der Waals surface area contributed by atoms with E-state index in [0.29, 0.717) is 0 Å².